The third-order valence-electron chi connectivity index (χ3n) is 2.07. The highest BCUT2D eigenvalue weighted by Crippen LogP contribution is 2.02. The van der Waals surface area contributed by atoms with E-state index in [1.807, 2.05) is 24.1 Å². The molecule has 3 heteroatoms. The molecular weight excluding hydrogens is 174 g/mol. The summed E-state index contributed by atoms with van der Waals surface area (Å²) in [7, 11) is 4.03. The first-order chi connectivity index (χ1) is 6.72. The van der Waals surface area contributed by atoms with Crippen LogP contribution in [-0.2, 0) is 13.6 Å². The van der Waals surface area contributed by atoms with E-state index in [-0.39, 0.29) is 0 Å². The highest BCUT2D eigenvalue weighted by Gasteiger charge is 2.01. The molecule has 1 rings (SSSR count). The van der Waals surface area contributed by atoms with Gasteiger partial charge in [-0.25, -0.2) is 0 Å². The fourth-order valence-corrected chi connectivity index (χ4v) is 1.40. The van der Waals surface area contributed by atoms with E-state index in [2.05, 4.69) is 23.0 Å². The van der Waals surface area contributed by atoms with Gasteiger partial charge in [-0.15, -0.1) is 12.3 Å². The van der Waals surface area contributed by atoms with Crippen LogP contribution in [0.5, 0.6) is 0 Å². The highest BCUT2D eigenvalue weighted by molar-refractivity contribution is 5.02. The monoisotopic (exact) mass is 191 g/mol. The van der Waals surface area contributed by atoms with Gasteiger partial charge in [0, 0.05) is 31.8 Å². The van der Waals surface area contributed by atoms with E-state index in [1.165, 1.54) is 5.56 Å². The molecule has 0 aromatic carbocycles. The van der Waals surface area contributed by atoms with E-state index in [0.717, 1.165) is 25.9 Å². The van der Waals surface area contributed by atoms with Crippen LogP contribution >= 0.6 is 0 Å². The normalized spacial score (nSPS) is 10.4. The fraction of sp³-hybridized carbons (Fsp3) is 0.545. The smallest absolute Gasteiger partial charge is 0.0534 e. The summed E-state index contributed by atoms with van der Waals surface area (Å²) in [6, 6.07) is 0. The van der Waals surface area contributed by atoms with E-state index in [0.29, 0.717) is 0 Å². The van der Waals surface area contributed by atoms with E-state index >= 15 is 0 Å². The van der Waals surface area contributed by atoms with Gasteiger partial charge in [-0.1, -0.05) is 0 Å². The molecule has 0 unspecified atom stereocenters. The molecule has 0 aliphatic carbocycles. The third-order valence-corrected chi connectivity index (χ3v) is 2.07. The van der Waals surface area contributed by atoms with Crippen LogP contribution in [0, 0.1) is 12.3 Å². The number of hydrogen-bond acceptors (Lipinski definition) is 2. The van der Waals surface area contributed by atoms with E-state index in [4.69, 9.17) is 6.42 Å². The lowest BCUT2D eigenvalue weighted by Crippen LogP contribution is -2.18. The average Bonchev–Trinajstić information content (AvgIpc) is 2.52. The second kappa shape index (κ2) is 5.46. The van der Waals surface area contributed by atoms with Crippen molar-refractivity contribution < 1.29 is 0 Å². The molecule has 1 aromatic rings. The largest absolute Gasteiger partial charge is 0.302 e. The molecule has 1 heterocycles. The summed E-state index contributed by atoms with van der Waals surface area (Å²) < 4.78 is 1.82. The second-order valence-corrected chi connectivity index (χ2v) is 3.57. The summed E-state index contributed by atoms with van der Waals surface area (Å²) in [4.78, 5) is 2.26. The van der Waals surface area contributed by atoms with Crippen LogP contribution in [-0.4, -0.2) is 28.3 Å². The molecule has 0 fully saturated rings. The summed E-state index contributed by atoms with van der Waals surface area (Å²) in [6.45, 7) is 1.98. The first kappa shape index (κ1) is 10.8. The fourth-order valence-electron chi connectivity index (χ4n) is 1.40. The molecule has 0 aliphatic heterocycles. The number of aromatic nitrogens is 2. The molecule has 0 atom stereocenters. The first-order valence-corrected chi connectivity index (χ1v) is 4.82. The summed E-state index contributed by atoms with van der Waals surface area (Å²) >= 11 is 0. The highest BCUT2D eigenvalue weighted by atomic mass is 15.2. The second-order valence-electron chi connectivity index (χ2n) is 3.57. The van der Waals surface area contributed by atoms with Gasteiger partial charge in [0.1, 0.15) is 0 Å². The number of terminal acetylenes is 1. The molecule has 14 heavy (non-hydrogen) atoms. The van der Waals surface area contributed by atoms with Crippen molar-refractivity contribution in [1.82, 2.24) is 14.7 Å². The van der Waals surface area contributed by atoms with Gasteiger partial charge in [-0.3, -0.25) is 4.68 Å². The molecule has 0 amide bonds. The van der Waals surface area contributed by atoms with Gasteiger partial charge < -0.3 is 4.90 Å². The van der Waals surface area contributed by atoms with Crippen molar-refractivity contribution in [1.29, 1.82) is 0 Å². The molecule has 76 valence electrons. The third kappa shape index (κ3) is 3.63. The Balaban J connectivity index is 2.27. The van der Waals surface area contributed by atoms with Crippen molar-refractivity contribution in [3.05, 3.63) is 18.0 Å². The summed E-state index contributed by atoms with van der Waals surface area (Å²) in [5.74, 6) is 2.65. The molecule has 0 saturated carbocycles. The Hall–Kier alpha value is -1.27. The van der Waals surface area contributed by atoms with Crippen LogP contribution in [0.2, 0.25) is 0 Å². The molecule has 0 aliphatic rings. The molecule has 3 nitrogen and oxygen atoms in total. The van der Waals surface area contributed by atoms with Crippen LogP contribution in [0.25, 0.3) is 0 Å². The Kier molecular flexibility index (Phi) is 4.21. The molecule has 0 spiro atoms. The predicted octanol–water partition coefficient (Wildman–Crippen LogP) is 1.27. The first-order valence-electron chi connectivity index (χ1n) is 4.82. The summed E-state index contributed by atoms with van der Waals surface area (Å²) in [5, 5.41) is 4.12. The van der Waals surface area contributed by atoms with Crippen LogP contribution in [0.15, 0.2) is 12.4 Å². The number of hydrogen-bond donors (Lipinski definition) is 0. The zero-order chi connectivity index (χ0) is 10.4. The summed E-state index contributed by atoms with van der Waals surface area (Å²) in [6.07, 6.45) is 11.0. The van der Waals surface area contributed by atoms with Crippen molar-refractivity contribution >= 4 is 0 Å². The number of rotatable bonds is 5. The van der Waals surface area contributed by atoms with E-state index in [1.54, 1.807) is 0 Å². The lowest BCUT2D eigenvalue weighted by molar-refractivity contribution is 0.324. The minimum Gasteiger partial charge on any atom is -0.302 e. The Bertz CT molecular complexity index is 309. The van der Waals surface area contributed by atoms with Gasteiger partial charge in [0.2, 0.25) is 0 Å². The van der Waals surface area contributed by atoms with Gasteiger partial charge in [0.05, 0.1) is 6.20 Å². The van der Waals surface area contributed by atoms with E-state index in [9.17, 15) is 0 Å². The topological polar surface area (TPSA) is 21.1 Å². The molecular formula is C11H17N3. The Morgan fingerprint density at radius 2 is 2.43 bits per heavy atom. The van der Waals surface area contributed by atoms with Gasteiger partial charge in [0.15, 0.2) is 0 Å². The minimum atomic E-state index is 0.859. The van der Waals surface area contributed by atoms with Crippen LogP contribution in [0.1, 0.15) is 18.4 Å². The van der Waals surface area contributed by atoms with Crippen molar-refractivity contribution in [3.8, 4) is 12.3 Å². The average molecular weight is 191 g/mol. The van der Waals surface area contributed by atoms with Crippen molar-refractivity contribution in [2.75, 3.05) is 13.6 Å². The zero-order valence-electron chi connectivity index (χ0n) is 8.90. The maximum atomic E-state index is 5.19. The molecule has 1 aromatic heterocycles. The number of nitrogens with zero attached hydrogens (tertiary/aromatic N) is 3. The summed E-state index contributed by atoms with van der Waals surface area (Å²) in [5.41, 5.74) is 1.25. The Morgan fingerprint density at radius 3 is 3.00 bits per heavy atom. The van der Waals surface area contributed by atoms with Gasteiger partial charge in [-0.2, -0.15) is 5.10 Å². The standard InChI is InChI=1S/C11H17N3/c1-4-5-6-7-13(2)9-11-8-12-14(3)10-11/h1,8,10H,5-7,9H2,2-3H3. The molecule has 0 N–H and O–H groups in total. The number of unbranched alkanes of at least 4 members (excludes halogenated alkanes) is 1. The van der Waals surface area contributed by atoms with Crippen LogP contribution in [0.3, 0.4) is 0 Å². The van der Waals surface area contributed by atoms with Crippen molar-refractivity contribution in [2.45, 2.75) is 19.4 Å². The predicted molar refractivity (Wildman–Crippen MR) is 57.6 cm³/mol. The van der Waals surface area contributed by atoms with Gasteiger partial charge in [0.25, 0.3) is 0 Å². The molecule has 0 bridgehead atoms. The Morgan fingerprint density at radius 1 is 1.64 bits per heavy atom. The Labute approximate surface area is 85.7 Å². The number of aryl methyl sites for hydroxylation is 1. The minimum absolute atomic E-state index is 0.859. The van der Waals surface area contributed by atoms with Crippen LogP contribution < -0.4 is 0 Å². The maximum Gasteiger partial charge on any atom is 0.0534 e. The van der Waals surface area contributed by atoms with Crippen molar-refractivity contribution in [2.24, 2.45) is 7.05 Å². The zero-order valence-corrected chi connectivity index (χ0v) is 8.90. The maximum absolute atomic E-state index is 5.19. The van der Waals surface area contributed by atoms with Gasteiger partial charge >= 0.3 is 0 Å². The molecule has 0 saturated heterocycles. The molecule has 0 radical (unpaired) electrons. The quantitative estimate of drug-likeness (QED) is 0.516. The van der Waals surface area contributed by atoms with E-state index < -0.39 is 0 Å². The lowest BCUT2D eigenvalue weighted by Gasteiger charge is -2.14. The lowest BCUT2D eigenvalue weighted by atomic mass is 10.3. The SMILES string of the molecule is C#CCCCN(C)Cc1cnn(C)c1. The van der Waals surface area contributed by atoms with Crippen LogP contribution in [0.4, 0.5) is 0 Å². The van der Waals surface area contributed by atoms with Crippen molar-refractivity contribution in [3.63, 3.8) is 0 Å². The van der Waals surface area contributed by atoms with Gasteiger partial charge in [-0.05, 0) is 20.0 Å².